The lowest BCUT2D eigenvalue weighted by Crippen LogP contribution is -2.43. The first-order valence-corrected chi connectivity index (χ1v) is 8.56. The third-order valence-electron chi connectivity index (χ3n) is 5.47. The SMILES string of the molecule is CC(=O)C1=C(O)C(=O)N(c2ccc(Cl)cc2)C1C1CC2C=CC1C2. The van der Waals surface area contributed by atoms with Gasteiger partial charge in [0.15, 0.2) is 11.5 Å². The van der Waals surface area contributed by atoms with E-state index in [0.717, 1.165) is 12.8 Å². The number of ketones is 1. The number of hydrogen-bond donors (Lipinski definition) is 1. The van der Waals surface area contributed by atoms with Crippen molar-refractivity contribution in [2.24, 2.45) is 17.8 Å². The second-order valence-corrected chi connectivity index (χ2v) is 7.30. The molecule has 2 aliphatic carbocycles. The van der Waals surface area contributed by atoms with E-state index in [2.05, 4.69) is 12.2 Å². The summed E-state index contributed by atoms with van der Waals surface area (Å²) in [6.45, 7) is 1.42. The fraction of sp³-hybridized carbons (Fsp3) is 0.368. The predicted molar refractivity (Wildman–Crippen MR) is 91.9 cm³/mol. The van der Waals surface area contributed by atoms with Gasteiger partial charge in [-0.05, 0) is 61.8 Å². The van der Waals surface area contributed by atoms with E-state index in [1.165, 1.54) is 6.92 Å². The minimum Gasteiger partial charge on any atom is -0.503 e. The van der Waals surface area contributed by atoms with Gasteiger partial charge in [-0.15, -0.1) is 0 Å². The van der Waals surface area contributed by atoms with Crippen LogP contribution in [0.5, 0.6) is 0 Å². The Morgan fingerprint density at radius 1 is 1.21 bits per heavy atom. The molecular formula is C19H18ClNO3. The highest BCUT2D eigenvalue weighted by atomic mass is 35.5. The molecular weight excluding hydrogens is 326 g/mol. The minimum absolute atomic E-state index is 0.156. The Kier molecular flexibility index (Phi) is 3.53. The van der Waals surface area contributed by atoms with E-state index in [9.17, 15) is 14.7 Å². The monoisotopic (exact) mass is 343 g/mol. The van der Waals surface area contributed by atoms with E-state index in [1.54, 1.807) is 29.2 Å². The van der Waals surface area contributed by atoms with Gasteiger partial charge in [0.05, 0.1) is 11.6 Å². The number of anilines is 1. The molecule has 0 radical (unpaired) electrons. The second kappa shape index (κ2) is 5.49. The molecule has 4 rings (SSSR count). The fourth-order valence-electron chi connectivity index (χ4n) is 4.47. The summed E-state index contributed by atoms with van der Waals surface area (Å²) < 4.78 is 0. The Morgan fingerprint density at radius 3 is 2.46 bits per heavy atom. The number of benzene rings is 1. The maximum absolute atomic E-state index is 12.7. The van der Waals surface area contributed by atoms with Crippen LogP contribution in [0.1, 0.15) is 19.8 Å². The van der Waals surface area contributed by atoms with Gasteiger partial charge in [0.2, 0.25) is 0 Å². The average Bonchev–Trinajstić information content (AvgIpc) is 3.23. The van der Waals surface area contributed by atoms with Crippen molar-refractivity contribution in [1.29, 1.82) is 0 Å². The number of Topliss-reactive ketones (excluding diaryl/α,β-unsaturated/α-hetero) is 1. The number of fused-ring (bicyclic) bond motifs is 2. The van der Waals surface area contributed by atoms with Crippen LogP contribution in [0.3, 0.4) is 0 Å². The maximum Gasteiger partial charge on any atom is 0.294 e. The first-order valence-electron chi connectivity index (χ1n) is 8.19. The number of rotatable bonds is 3. The second-order valence-electron chi connectivity index (χ2n) is 6.86. The molecule has 1 aliphatic heterocycles. The van der Waals surface area contributed by atoms with Crippen molar-refractivity contribution in [3.8, 4) is 0 Å². The number of nitrogens with zero attached hydrogens (tertiary/aromatic N) is 1. The highest BCUT2D eigenvalue weighted by molar-refractivity contribution is 6.30. The number of allylic oxidation sites excluding steroid dienone is 2. The number of halogens is 1. The normalized spacial score (nSPS) is 31.4. The first-order chi connectivity index (χ1) is 11.5. The molecule has 0 spiro atoms. The van der Waals surface area contributed by atoms with Gasteiger partial charge in [-0.3, -0.25) is 14.5 Å². The topological polar surface area (TPSA) is 57.6 Å². The number of aliphatic hydroxyl groups excluding tert-OH is 1. The zero-order chi connectivity index (χ0) is 17.0. The standard InChI is InChI=1S/C19H18ClNO3/c1-10(22)16-17(15-9-11-2-3-12(15)8-11)21(19(24)18(16)23)14-6-4-13(20)5-7-14/h2-7,11-12,15,17,23H,8-9H2,1H3. The Bertz CT molecular complexity index is 780. The Hall–Kier alpha value is -2.07. The van der Waals surface area contributed by atoms with Gasteiger partial charge in [-0.2, -0.15) is 0 Å². The summed E-state index contributed by atoms with van der Waals surface area (Å²) in [5, 5.41) is 10.9. The lowest BCUT2D eigenvalue weighted by atomic mass is 9.82. The molecule has 3 aliphatic rings. The van der Waals surface area contributed by atoms with E-state index in [4.69, 9.17) is 11.6 Å². The number of amides is 1. The summed E-state index contributed by atoms with van der Waals surface area (Å²) in [6.07, 6.45) is 6.42. The molecule has 0 aromatic heterocycles. The van der Waals surface area contributed by atoms with Gasteiger partial charge in [0.25, 0.3) is 5.91 Å². The molecule has 24 heavy (non-hydrogen) atoms. The number of aliphatic hydroxyl groups is 1. The number of carbonyl (C=O) groups excluding carboxylic acids is 2. The van der Waals surface area contributed by atoms with Crippen LogP contribution in [0.25, 0.3) is 0 Å². The zero-order valence-corrected chi connectivity index (χ0v) is 14.0. The van der Waals surface area contributed by atoms with Gasteiger partial charge >= 0.3 is 0 Å². The van der Waals surface area contributed by atoms with Gasteiger partial charge in [-0.1, -0.05) is 23.8 Å². The summed E-state index contributed by atoms with van der Waals surface area (Å²) in [4.78, 5) is 26.4. The molecule has 124 valence electrons. The van der Waals surface area contributed by atoms with Crippen molar-refractivity contribution < 1.29 is 14.7 Å². The van der Waals surface area contributed by atoms with E-state index < -0.39 is 17.7 Å². The van der Waals surface area contributed by atoms with Crippen LogP contribution in [0.2, 0.25) is 5.02 Å². The van der Waals surface area contributed by atoms with Crippen LogP contribution < -0.4 is 4.90 Å². The third kappa shape index (κ3) is 2.20. The van der Waals surface area contributed by atoms with Crippen LogP contribution in [0.4, 0.5) is 5.69 Å². The molecule has 2 bridgehead atoms. The molecule has 1 N–H and O–H groups in total. The Labute approximate surface area is 145 Å². The zero-order valence-electron chi connectivity index (χ0n) is 13.3. The molecule has 1 amide bonds. The predicted octanol–water partition coefficient (Wildman–Crippen LogP) is 3.67. The molecule has 0 saturated heterocycles. The van der Waals surface area contributed by atoms with E-state index in [-0.39, 0.29) is 17.3 Å². The van der Waals surface area contributed by atoms with Crippen LogP contribution >= 0.6 is 11.6 Å². The fourth-order valence-corrected chi connectivity index (χ4v) is 4.60. The van der Waals surface area contributed by atoms with Crippen molar-refractivity contribution in [3.05, 3.63) is 52.8 Å². The van der Waals surface area contributed by atoms with Crippen molar-refractivity contribution >= 4 is 29.0 Å². The number of carbonyl (C=O) groups is 2. The number of hydrogen-bond acceptors (Lipinski definition) is 3. The van der Waals surface area contributed by atoms with Crippen LogP contribution in [-0.4, -0.2) is 22.8 Å². The van der Waals surface area contributed by atoms with Gasteiger partial charge in [0, 0.05) is 10.7 Å². The minimum atomic E-state index is -0.501. The van der Waals surface area contributed by atoms with Gasteiger partial charge < -0.3 is 5.11 Å². The quantitative estimate of drug-likeness (QED) is 0.852. The molecule has 1 aromatic carbocycles. The summed E-state index contributed by atoms with van der Waals surface area (Å²) in [6, 6.07) is 6.53. The molecule has 4 nitrogen and oxygen atoms in total. The highest BCUT2D eigenvalue weighted by Gasteiger charge is 2.51. The molecule has 1 saturated carbocycles. The van der Waals surface area contributed by atoms with Crippen molar-refractivity contribution in [3.63, 3.8) is 0 Å². The lowest BCUT2D eigenvalue weighted by Gasteiger charge is -2.34. The van der Waals surface area contributed by atoms with Crippen LogP contribution in [0.15, 0.2) is 47.7 Å². The molecule has 4 atom stereocenters. The van der Waals surface area contributed by atoms with E-state index >= 15 is 0 Å². The lowest BCUT2D eigenvalue weighted by molar-refractivity contribution is -0.117. The average molecular weight is 344 g/mol. The molecule has 1 aromatic rings. The molecule has 5 heteroatoms. The Morgan fingerprint density at radius 2 is 1.92 bits per heavy atom. The van der Waals surface area contributed by atoms with Crippen LogP contribution in [0, 0.1) is 17.8 Å². The smallest absolute Gasteiger partial charge is 0.294 e. The Balaban J connectivity index is 1.80. The van der Waals surface area contributed by atoms with Crippen molar-refractivity contribution in [2.45, 2.75) is 25.8 Å². The maximum atomic E-state index is 12.7. The van der Waals surface area contributed by atoms with Crippen LogP contribution in [-0.2, 0) is 9.59 Å². The van der Waals surface area contributed by atoms with E-state index in [0.29, 0.717) is 22.5 Å². The van der Waals surface area contributed by atoms with Crippen molar-refractivity contribution in [1.82, 2.24) is 0 Å². The van der Waals surface area contributed by atoms with Gasteiger partial charge in [0.1, 0.15) is 0 Å². The van der Waals surface area contributed by atoms with E-state index in [1.807, 2.05) is 0 Å². The van der Waals surface area contributed by atoms with Gasteiger partial charge in [-0.25, -0.2) is 0 Å². The highest BCUT2D eigenvalue weighted by Crippen LogP contribution is 2.50. The molecule has 1 heterocycles. The van der Waals surface area contributed by atoms with Crippen molar-refractivity contribution in [2.75, 3.05) is 4.90 Å². The summed E-state index contributed by atoms with van der Waals surface area (Å²) in [5.41, 5.74) is 0.907. The summed E-state index contributed by atoms with van der Waals surface area (Å²) in [7, 11) is 0. The summed E-state index contributed by atoms with van der Waals surface area (Å²) >= 11 is 5.95. The first kappa shape index (κ1) is 15.5. The molecule has 4 unspecified atom stereocenters. The largest absolute Gasteiger partial charge is 0.503 e. The summed E-state index contributed by atoms with van der Waals surface area (Å²) in [5.74, 6) is -0.133. The molecule has 1 fully saturated rings. The third-order valence-corrected chi connectivity index (χ3v) is 5.72.